The van der Waals surface area contributed by atoms with Crippen LogP contribution in [0.15, 0.2) is 0 Å². The first-order valence-electron chi connectivity index (χ1n) is 2.05. The number of rotatable bonds is 0. The molecule has 0 amide bonds. The highest BCUT2D eigenvalue weighted by molar-refractivity contribution is 5.45. The number of nitrogens with zero attached hydrogens (tertiary/aromatic N) is 1. The zero-order valence-electron chi connectivity index (χ0n) is 5.36. The Kier molecular flexibility index (Phi) is 12.8. The third kappa shape index (κ3) is 542. The van der Waals surface area contributed by atoms with Crippen LogP contribution in [-0.4, -0.2) is 32.3 Å². The van der Waals surface area contributed by atoms with E-state index in [0.717, 1.165) is 0 Å². The molecule has 2 nitrogen and oxygen atoms in total. The molecule has 0 rings (SSSR count). The third-order valence-corrected chi connectivity index (χ3v) is 0. The topological polar surface area (TPSA) is 20.3 Å². The van der Waals surface area contributed by atoms with Crippen molar-refractivity contribution in [2.24, 2.45) is 0 Å². The summed E-state index contributed by atoms with van der Waals surface area (Å²) in [4.78, 5) is 10.7. The molecule has 0 aromatic rings. The molecule has 0 aliphatic carbocycles. The molecular formula is C5H12NO. The van der Waals surface area contributed by atoms with Gasteiger partial charge in [0.15, 0.2) is 6.29 Å². The molecule has 0 fully saturated rings. The lowest BCUT2D eigenvalue weighted by Gasteiger charge is -1.90. The highest BCUT2D eigenvalue weighted by Gasteiger charge is 1.58. The van der Waals surface area contributed by atoms with Crippen LogP contribution in [0.4, 0.5) is 0 Å². The zero-order chi connectivity index (χ0) is 6.28. The quantitative estimate of drug-likeness (QED) is 0.438. The van der Waals surface area contributed by atoms with Gasteiger partial charge in [0.1, 0.15) is 0 Å². The first-order valence-corrected chi connectivity index (χ1v) is 2.05. The van der Waals surface area contributed by atoms with E-state index in [0.29, 0.717) is 0 Å². The van der Waals surface area contributed by atoms with Crippen molar-refractivity contribution in [3.8, 4) is 0 Å². The average molecular weight is 102 g/mol. The normalized spacial score (nSPS) is 7.00. The van der Waals surface area contributed by atoms with E-state index in [-0.39, 0.29) is 0 Å². The van der Waals surface area contributed by atoms with Crippen molar-refractivity contribution >= 4 is 6.29 Å². The predicted octanol–water partition coefficient (Wildman–Crippen LogP) is 0.294. The fourth-order valence-corrected chi connectivity index (χ4v) is 0. The van der Waals surface area contributed by atoms with Gasteiger partial charge in [0.05, 0.1) is 0 Å². The summed E-state index contributed by atoms with van der Waals surface area (Å²) in [5.74, 6) is 0. The summed E-state index contributed by atoms with van der Waals surface area (Å²) in [6.07, 6.45) is 1.50. The van der Waals surface area contributed by atoms with Crippen LogP contribution in [0.3, 0.4) is 0 Å². The summed E-state index contributed by atoms with van der Waals surface area (Å²) in [6.45, 7) is 1.32. The van der Waals surface area contributed by atoms with Crippen molar-refractivity contribution in [2.75, 3.05) is 21.1 Å². The molecule has 0 aromatic carbocycles. The van der Waals surface area contributed by atoms with Crippen molar-refractivity contribution in [3.63, 3.8) is 0 Å². The summed E-state index contributed by atoms with van der Waals surface area (Å²) < 4.78 is 0. The van der Waals surface area contributed by atoms with E-state index in [1.165, 1.54) is 13.2 Å². The molecule has 0 spiro atoms. The van der Waals surface area contributed by atoms with E-state index in [2.05, 4.69) is 0 Å². The first-order chi connectivity index (χ1) is 3.15. The molecule has 0 aliphatic heterocycles. The van der Waals surface area contributed by atoms with E-state index in [1.54, 1.807) is 0 Å². The maximum Gasteiger partial charge on any atom is 0.195 e. The Morgan fingerprint density at radius 1 is 1.29 bits per heavy atom. The molecule has 0 atom stereocenters. The van der Waals surface area contributed by atoms with Crippen LogP contribution in [0, 0.1) is 0 Å². The van der Waals surface area contributed by atoms with Crippen molar-refractivity contribution in [3.05, 3.63) is 0 Å². The number of carbonyl (C=O) groups excluding carboxylic acids is 1. The molecule has 0 heterocycles. The molecule has 0 bridgehead atoms. The lowest BCUT2D eigenvalue weighted by Crippen LogP contribution is -1.99. The first kappa shape index (κ1) is 9.80. The van der Waals surface area contributed by atoms with Gasteiger partial charge in [0.25, 0.3) is 0 Å². The lowest BCUT2D eigenvalue weighted by atomic mass is 11.0. The minimum absolute atomic E-state index is 1.32. The van der Waals surface area contributed by atoms with Gasteiger partial charge in [-0.3, -0.25) is 4.79 Å². The molecule has 0 unspecified atom stereocenters. The monoisotopic (exact) mass is 102 g/mol. The second kappa shape index (κ2) is 9.16. The minimum atomic E-state index is 1.32. The summed E-state index contributed by atoms with van der Waals surface area (Å²) in [5, 5.41) is 0. The Hall–Kier alpha value is -0.370. The van der Waals surface area contributed by atoms with E-state index in [1.807, 2.05) is 26.0 Å². The van der Waals surface area contributed by atoms with Gasteiger partial charge in [-0.05, 0) is 21.1 Å². The van der Waals surface area contributed by atoms with Crippen LogP contribution in [0.5, 0.6) is 0 Å². The maximum atomic E-state index is 8.68. The smallest absolute Gasteiger partial charge is 0.195 e. The van der Waals surface area contributed by atoms with Gasteiger partial charge >= 0.3 is 0 Å². The van der Waals surface area contributed by atoms with Gasteiger partial charge < -0.3 is 4.90 Å². The van der Waals surface area contributed by atoms with Crippen LogP contribution < -0.4 is 0 Å². The number of hydrogen-bond acceptors (Lipinski definition) is 2. The fourth-order valence-electron chi connectivity index (χ4n) is 0. The highest BCUT2D eigenvalue weighted by atomic mass is 16.1. The molecule has 0 N–H and O–H groups in total. The molecule has 0 aromatic heterocycles. The van der Waals surface area contributed by atoms with Crippen molar-refractivity contribution in [2.45, 2.75) is 6.92 Å². The van der Waals surface area contributed by atoms with Crippen molar-refractivity contribution < 1.29 is 4.79 Å². The van der Waals surface area contributed by atoms with Crippen molar-refractivity contribution in [1.29, 1.82) is 0 Å². The second-order valence-electron chi connectivity index (χ2n) is 1.55. The summed E-state index contributed by atoms with van der Waals surface area (Å²) in [7, 11) is 6.00. The number of hydrogen-bond donors (Lipinski definition) is 0. The molecule has 0 saturated carbocycles. The standard InChI is InChI=1S/C3H9N.C2H3O/c1-4(2)3;1-2-3/h1-3H3;1H3. The highest BCUT2D eigenvalue weighted by Crippen LogP contribution is 1.47. The molecule has 1 radical (unpaired) electrons. The van der Waals surface area contributed by atoms with Gasteiger partial charge in [-0.25, -0.2) is 0 Å². The molecule has 43 valence electrons. The lowest BCUT2D eigenvalue weighted by molar-refractivity contribution is 0.505. The maximum absolute atomic E-state index is 8.68. The molecular weight excluding hydrogens is 90.1 g/mol. The van der Waals surface area contributed by atoms with Crippen LogP contribution in [0.1, 0.15) is 6.92 Å². The van der Waals surface area contributed by atoms with E-state index >= 15 is 0 Å². The Morgan fingerprint density at radius 2 is 1.29 bits per heavy atom. The molecule has 0 saturated heterocycles. The van der Waals surface area contributed by atoms with Crippen LogP contribution >= 0.6 is 0 Å². The SMILES string of the molecule is CN(C)C.C[C]=O. The zero-order valence-corrected chi connectivity index (χ0v) is 5.36. The minimum Gasteiger partial charge on any atom is -0.312 e. The van der Waals surface area contributed by atoms with Gasteiger partial charge in [-0.2, -0.15) is 0 Å². The Bertz CT molecular complexity index is 32.3. The van der Waals surface area contributed by atoms with Crippen LogP contribution in [0.2, 0.25) is 0 Å². The summed E-state index contributed by atoms with van der Waals surface area (Å²) in [5.41, 5.74) is 0. The Labute approximate surface area is 45.1 Å². The second-order valence-corrected chi connectivity index (χ2v) is 1.55. The Morgan fingerprint density at radius 3 is 1.29 bits per heavy atom. The molecule has 2 heteroatoms. The molecule has 7 heavy (non-hydrogen) atoms. The average Bonchev–Trinajstić information content (AvgIpc) is 1.33. The van der Waals surface area contributed by atoms with Gasteiger partial charge in [-0.15, -0.1) is 0 Å². The van der Waals surface area contributed by atoms with Gasteiger partial charge in [0.2, 0.25) is 0 Å². The summed E-state index contributed by atoms with van der Waals surface area (Å²) in [6, 6.07) is 0. The van der Waals surface area contributed by atoms with Gasteiger partial charge in [-0.1, -0.05) is 0 Å². The van der Waals surface area contributed by atoms with E-state index in [9.17, 15) is 0 Å². The largest absolute Gasteiger partial charge is 0.312 e. The van der Waals surface area contributed by atoms with E-state index in [4.69, 9.17) is 4.79 Å². The fraction of sp³-hybridized carbons (Fsp3) is 0.800. The van der Waals surface area contributed by atoms with E-state index < -0.39 is 0 Å². The molecule has 0 aliphatic rings. The van der Waals surface area contributed by atoms with Gasteiger partial charge in [0, 0.05) is 6.92 Å². The van der Waals surface area contributed by atoms with Crippen LogP contribution in [-0.2, 0) is 4.79 Å². The Balaban J connectivity index is 0. The predicted molar refractivity (Wildman–Crippen MR) is 31.0 cm³/mol. The van der Waals surface area contributed by atoms with Crippen LogP contribution in [0.25, 0.3) is 0 Å². The third-order valence-electron chi connectivity index (χ3n) is 0. The summed E-state index contributed by atoms with van der Waals surface area (Å²) >= 11 is 0. The van der Waals surface area contributed by atoms with Crippen molar-refractivity contribution in [1.82, 2.24) is 4.90 Å².